The van der Waals surface area contributed by atoms with Gasteiger partial charge in [0, 0.05) is 36.3 Å². The topological polar surface area (TPSA) is 131 Å². The molecule has 1 saturated carbocycles. The van der Waals surface area contributed by atoms with E-state index in [4.69, 9.17) is 9.47 Å². The molecule has 1 aromatic heterocycles. The molecule has 2 fully saturated rings. The third-order valence-electron chi connectivity index (χ3n) is 9.45. The lowest BCUT2D eigenvalue weighted by atomic mass is 9.64. The van der Waals surface area contributed by atoms with E-state index >= 15 is 0 Å². The van der Waals surface area contributed by atoms with Gasteiger partial charge in [-0.2, -0.15) is 4.98 Å². The molecule has 6 rings (SSSR count). The molecule has 3 aromatic rings. The Morgan fingerprint density at radius 2 is 1.83 bits per heavy atom. The number of anilines is 1. The summed E-state index contributed by atoms with van der Waals surface area (Å²) in [4.78, 5) is 39.3. The quantitative estimate of drug-likeness (QED) is 0.397. The highest BCUT2D eigenvalue weighted by Gasteiger charge is 2.53. The molecule has 1 saturated heterocycles. The van der Waals surface area contributed by atoms with Crippen molar-refractivity contribution < 1.29 is 27.5 Å². The summed E-state index contributed by atoms with van der Waals surface area (Å²) in [6, 6.07) is 13.3. The number of likely N-dealkylation sites (tertiary alicyclic amines) is 1. The molecule has 1 N–H and O–H groups in total. The van der Waals surface area contributed by atoms with Crippen LogP contribution in [-0.4, -0.2) is 79.1 Å². The maximum Gasteiger partial charge on any atom is 0.409 e. The number of benzene rings is 2. The third kappa shape index (κ3) is 6.14. The zero-order valence-corrected chi connectivity index (χ0v) is 27.8. The number of hydrogen-bond donors (Lipinski definition) is 1. The zero-order valence-electron chi connectivity index (χ0n) is 26.9. The molecule has 12 heteroatoms. The lowest BCUT2D eigenvalue weighted by Crippen LogP contribution is -2.58. The van der Waals surface area contributed by atoms with Crippen LogP contribution in [0.25, 0.3) is 11.3 Å². The van der Waals surface area contributed by atoms with Gasteiger partial charge in [0.1, 0.15) is 6.61 Å². The number of carbonyl (C=O) groups excluding carboxylic acids is 2. The van der Waals surface area contributed by atoms with Gasteiger partial charge in [0.2, 0.25) is 11.8 Å². The van der Waals surface area contributed by atoms with Crippen molar-refractivity contribution in [2.75, 3.05) is 31.5 Å². The van der Waals surface area contributed by atoms with Gasteiger partial charge < -0.3 is 19.3 Å². The predicted molar refractivity (Wildman–Crippen MR) is 173 cm³/mol. The van der Waals surface area contributed by atoms with Crippen molar-refractivity contribution in [3.63, 3.8) is 0 Å². The average molecular weight is 648 g/mol. The second-order valence-corrected chi connectivity index (χ2v) is 15.0. The summed E-state index contributed by atoms with van der Waals surface area (Å²) in [5, 5.41) is 0. The van der Waals surface area contributed by atoms with Gasteiger partial charge in [-0.25, -0.2) is 22.9 Å². The Hall–Kier alpha value is -4.19. The van der Waals surface area contributed by atoms with Crippen LogP contribution in [-0.2, 0) is 14.8 Å². The van der Waals surface area contributed by atoms with Crippen molar-refractivity contribution in [2.45, 2.75) is 70.4 Å². The summed E-state index contributed by atoms with van der Waals surface area (Å²) in [5.74, 6) is 0.101. The first-order chi connectivity index (χ1) is 21.9. The van der Waals surface area contributed by atoms with Gasteiger partial charge in [0.15, 0.2) is 0 Å². The van der Waals surface area contributed by atoms with Crippen LogP contribution < -0.4 is 9.46 Å². The minimum absolute atomic E-state index is 0.0592. The number of hydrogen-bond acceptors (Lipinski definition) is 8. The molecule has 4 bridgehead atoms. The maximum atomic E-state index is 14.4. The van der Waals surface area contributed by atoms with Gasteiger partial charge in [0.25, 0.3) is 15.9 Å². The normalized spacial score (nSPS) is 23.9. The zero-order chi connectivity index (χ0) is 32.8. The molecule has 3 aliphatic rings. The highest BCUT2D eigenvalue weighted by atomic mass is 32.2. The lowest BCUT2D eigenvalue weighted by Gasteiger charge is -2.52. The smallest absolute Gasteiger partial charge is 0.409 e. The van der Waals surface area contributed by atoms with Gasteiger partial charge in [-0.15, -0.1) is 0 Å². The van der Waals surface area contributed by atoms with Crippen LogP contribution in [0, 0.1) is 25.2 Å². The number of ether oxygens (including phenoxy) is 2. The number of amides is 2. The van der Waals surface area contributed by atoms with E-state index < -0.39 is 10.0 Å². The predicted octanol–water partition coefficient (Wildman–Crippen LogP) is 5.43. The summed E-state index contributed by atoms with van der Waals surface area (Å²) in [6.07, 6.45) is 2.64. The van der Waals surface area contributed by atoms with Gasteiger partial charge in [-0.3, -0.25) is 4.79 Å². The molecular formula is C34H41N5O6S. The fourth-order valence-electron chi connectivity index (χ4n) is 7.32. The highest BCUT2D eigenvalue weighted by molar-refractivity contribution is 7.92. The Morgan fingerprint density at radius 1 is 1.11 bits per heavy atom. The SMILES string of the molecule is COC(=O)N1CCC2(CC(N3C(=O)c4cccc(c4)S(=O)(=O)Nc4nc(cc(-c5c(C)cccc5C)n4)OC[C@H]3CC(C)C)C2)C1. The Kier molecular flexibility index (Phi) is 8.43. The van der Waals surface area contributed by atoms with E-state index in [1.807, 2.05) is 36.9 Å². The first-order valence-corrected chi connectivity index (χ1v) is 17.2. The summed E-state index contributed by atoms with van der Waals surface area (Å²) < 4.78 is 41.1. The number of aromatic nitrogens is 2. The number of fused-ring (bicyclic) bond motifs is 4. The van der Waals surface area contributed by atoms with Crippen molar-refractivity contribution in [1.82, 2.24) is 19.8 Å². The molecule has 2 aromatic carbocycles. The summed E-state index contributed by atoms with van der Waals surface area (Å²) in [6.45, 7) is 9.55. The molecule has 0 radical (unpaired) electrons. The van der Waals surface area contributed by atoms with Crippen LogP contribution in [0.15, 0.2) is 53.4 Å². The molecule has 0 unspecified atom stereocenters. The van der Waals surface area contributed by atoms with Gasteiger partial charge in [-0.1, -0.05) is 38.1 Å². The van der Waals surface area contributed by atoms with Gasteiger partial charge in [0.05, 0.1) is 23.7 Å². The second kappa shape index (κ2) is 12.2. The first-order valence-electron chi connectivity index (χ1n) is 15.7. The van der Waals surface area contributed by atoms with Crippen molar-refractivity contribution in [3.8, 4) is 17.1 Å². The van der Waals surface area contributed by atoms with E-state index in [1.54, 1.807) is 23.1 Å². The fourth-order valence-corrected chi connectivity index (χ4v) is 8.31. The van der Waals surface area contributed by atoms with E-state index in [2.05, 4.69) is 28.5 Å². The van der Waals surface area contributed by atoms with E-state index in [-0.39, 0.29) is 64.3 Å². The molecular weight excluding hydrogens is 606 g/mol. The Bertz CT molecular complexity index is 1750. The Labute approximate surface area is 270 Å². The Morgan fingerprint density at radius 3 is 2.52 bits per heavy atom. The van der Waals surface area contributed by atoms with Crippen LogP contribution >= 0.6 is 0 Å². The van der Waals surface area contributed by atoms with Crippen molar-refractivity contribution >= 4 is 28.0 Å². The summed E-state index contributed by atoms with van der Waals surface area (Å²) >= 11 is 0. The number of sulfonamides is 1. The van der Waals surface area contributed by atoms with Crippen molar-refractivity contribution in [3.05, 3.63) is 65.2 Å². The molecule has 244 valence electrons. The summed E-state index contributed by atoms with van der Waals surface area (Å²) in [7, 11) is -2.76. The van der Waals surface area contributed by atoms with E-state index in [0.717, 1.165) is 36.0 Å². The van der Waals surface area contributed by atoms with Crippen molar-refractivity contribution in [1.29, 1.82) is 0 Å². The lowest BCUT2D eigenvalue weighted by molar-refractivity contribution is -0.0188. The standard InChI is InChI=1S/C34H41N5O6S/c1-21(2)14-25-19-45-29-16-28(30-22(3)8-6-9-23(30)4)35-32(36-29)37-46(42,43)27-11-7-10-24(15-27)31(40)39(25)26-17-34(18-26)12-13-38(20-34)33(41)44-5/h6-11,15-16,21,25-26H,12-14,17-20H2,1-5H3,(H,35,36,37)/t25-,26?,34?/m1/s1. The molecule has 2 amide bonds. The molecule has 46 heavy (non-hydrogen) atoms. The third-order valence-corrected chi connectivity index (χ3v) is 10.8. The van der Waals surface area contributed by atoms with Gasteiger partial charge >= 0.3 is 6.09 Å². The van der Waals surface area contributed by atoms with E-state index in [9.17, 15) is 18.0 Å². The molecule has 1 spiro atoms. The minimum Gasteiger partial charge on any atom is -0.475 e. The van der Waals surface area contributed by atoms with Gasteiger partial charge in [-0.05, 0) is 80.2 Å². The van der Waals surface area contributed by atoms with Crippen LogP contribution in [0.2, 0.25) is 0 Å². The monoisotopic (exact) mass is 647 g/mol. The highest BCUT2D eigenvalue weighted by Crippen LogP contribution is 2.51. The number of nitrogens with one attached hydrogen (secondary N) is 1. The maximum absolute atomic E-state index is 14.4. The molecule has 3 heterocycles. The van der Waals surface area contributed by atoms with E-state index in [0.29, 0.717) is 25.2 Å². The van der Waals surface area contributed by atoms with E-state index in [1.165, 1.54) is 19.2 Å². The molecule has 11 nitrogen and oxygen atoms in total. The van der Waals surface area contributed by atoms with Crippen LogP contribution in [0.3, 0.4) is 0 Å². The van der Waals surface area contributed by atoms with Crippen LogP contribution in [0.5, 0.6) is 5.88 Å². The molecule has 1 aliphatic carbocycles. The average Bonchev–Trinajstić information content (AvgIpc) is 3.44. The number of methoxy groups -OCH3 is 1. The largest absolute Gasteiger partial charge is 0.475 e. The minimum atomic E-state index is -4.15. The molecule has 1 atom stereocenters. The van der Waals surface area contributed by atoms with Crippen LogP contribution in [0.1, 0.15) is 61.0 Å². The van der Waals surface area contributed by atoms with Crippen LogP contribution in [0.4, 0.5) is 10.7 Å². The first kappa shape index (κ1) is 31.8. The summed E-state index contributed by atoms with van der Waals surface area (Å²) in [5.41, 5.74) is 3.57. The number of carbonyl (C=O) groups is 2. The Balaban J connectivity index is 1.41. The second-order valence-electron chi connectivity index (χ2n) is 13.3. The fraction of sp³-hybridized carbons (Fsp3) is 0.471. The molecule has 2 aliphatic heterocycles. The number of nitrogens with zero attached hydrogens (tertiary/aromatic N) is 4. The van der Waals surface area contributed by atoms with Crippen molar-refractivity contribution in [2.24, 2.45) is 11.3 Å². The number of rotatable bonds is 4. The number of aryl methyl sites for hydroxylation is 2.